The number of nitrogen functional groups attached to an aromatic ring is 1. The summed E-state index contributed by atoms with van der Waals surface area (Å²) in [4.78, 5) is 23.7. The Hall–Kier alpha value is -3.66. The largest absolute Gasteiger partial charge is 0.497 e. The van der Waals surface area contributed by atoms with E-state index < -0.39 is 23.8 Å². The van der Waals surface area contributed by atoms with E-state index in [0.29, 0.717) is 22.6 Å². The van der Waals surface area contributed by atoms with Crippen LogP contribution >= 0.6 is 0 Å². The summed E-state index contributed by atoms with van der Waals surface area (Å²) in [6.45, 7) is 1.53. The summed E-state index contributed by atoms with van der Waals surface area (Å²) in [5.74, 6) is -2.14. The van der Waals surface area contributed by atoms with Crippen LogP contribution in [-0.2, 0) is 20.9 Å². The maximum atomic E-state index is 14.5. The van der Waals surface area contributed by atoms with Crippen LogP contribution in [0.25, 0.3) is 0 Å². The van der Waals surface area contributed by atoms with E-state index in [2.05, 4.69) is 10.6 Å². The van der Waals surface area contributed by atoms with Gasteiger partial charge in [0.05, 0.1) is 7.11 Å². The van der Waals surface area contributed by atoms with Crippen molar-refractivity contribution in [1.82, 2.24) is 5.32 Å². The second kappa shape index (κ2) is 10.9. The summed E-state index contributed by atoms with van der Waals surface area (Å²) in [5, 5.41) is 21.9. The SMILES string of the molecule is CCOC(C(=O)NCc1ccc(C(=N)N)cc1NCC(=O)O)c1ccc(OC)cc1F. The van der Waals surface area contributed by atoms with Gasteiger partial charge in [-0.1, -0.05) is 12.1 Å². The monoisotopic (exact) mass is 432 g/mol. The molecular formula is C21H25FN4O5. The molecule has 0 spiro atoms. The lowest BCUT2D eigenvalue weighted by Gasteiger charge is -2.19. The molecule has 6 N–H and O–H groups in total. The molecule has 1 atom stereocenters. The molecule has 0 heterocycles. The number of anilines is 1. The Morgan fingerprint density at radius 3 is 2.58 bits per heavy atom. The quantitative estimate of drug-likeness (QED) is 0.270. The number of carbonyl (C=O) groups is 2. The lowest BCUT2D eigenvalue weighted by atomic mass is 10.1. The van der Waals surface area contributed by atoms with Crippen molar-refractivity contribution in [2.75, 3.05) is 25.6 Å². The van der Waals surface area contributed by atoms with Crippen LogP contribution in [0.4, 0.5) is 10.1 Å². The molecule has 1 unspecified atom stereocenters. The maximum Gasteiger partial charge on any atom is 0.322 e. The number of ether oxygens (including phenoxy) is 2. The Bertz CT molecular complexity index is 967. The lowest BCUT2D eigenvalue weighted by Crippen LogP contribution is -2.31. The van der Waals surface area contributed by atoms with Crippen molar-refractivity contribution in [2.24, 2.45) is 5.73 Å². The molecule has 0 aliphatic rings. The number of nitrogens with one attached hydrogen (secondary N) is 3. The average Bonchev–Trinajstić information content (AvgIpc) is 2.74. The molecule has 0 saturated heterocycles. The third kappa shape index (κ3) is 6.41. The number of amides is 1. The number of carboxylic acids is 1. The number of rotatable bonds is 11. The Labute approximate surface area is 178 Å². The molecule has 2 aromatic rings. The molecule has 2 aromatic carbocycles. The third-order valence-electron chi connectivity index (χ3n) is 4.37. The molecule has 0 aliphatic heterocycles. The van der Waals surface area contributed by atoms with Gasteiger partial charge in [0.25, 0.3) is 5.91 Å². The second-order valence-corrected chi connectivity index (χ2v) is 6.47. The van der Waals surface area contributed by atoms with Gasteiger partial charge in [-0.15, -0.1) is 0 Å². The molecular weight excluding hydrogens is 407 g/mol. The van der Waals surface area contributed by atoms with Crippen molar-refractivity contribution >= 4 is 23.4 Å². The summed E-state index contributed by atoms with van der Waals surface area (Å²) in [5.41, 5.74) is 6.92. The van der Waals surface area contributed by atoms with Crippen molar-refractivity contribution in [2.45, 2.75) is 19.6 Å². The standard InChI is InChI=1S/C21H25FN4O5/c1-3-31-19(15-7-6-14(30-2)9-16(15)22)21(29)26-10-13-5-4-12(20(23)24)8-17(13)25-11-18(27)28/h4-9,19,25H,3,10-11H2,1-2H3,(H3,23,24)(H,26,29)(H,27,28). The number of amidine groups is 1. The minimum absolute atomic E-state index is 0.0142. The second-order valence-electron chi connectivity index (χ2n) is 6.47. The van der Waals surface area contributed by atoms with Gasteiger partial charge in [0, 0.05) is 36.0 Å². The minimum Gasteiger partial charge on any atom is -0.497 e. The fourth-order valence-electron chi connectivity index (χ4n) is 2.83. The fraction of sp³-hybridized carbons (Fsp3) is 0.286. The number of nitrogens with two attached hydrogens (primary N) is 1. The zero-order valence-corrected chi connectivity index (χ0v) is 17.2. The molecule has 0 aromatic heterocycles. The summed E-state index contributed by atoms with van der Waals surface area (Å²) in [7, 11) is 1.41. The molecule has 166 valence electrons. The molecule has 0 aliphatic carbocycles. The highest BCUT2D eigenvalue weighted by Gasteiger charge is 2.24. The van der Waals surface area contributed by atoms with E-state index in [1.807, 2.05) is 0 Å². The van der Waals surface area contributed by atoms with E-state index in [1.54, 1.807) is 19.1 Å². The van der Waals surface area contributed by atoms with Crippen LogP contribution in [0.1, 0.15) is 29.7 Å². The van der Waals surface area contributed by atoms with Crippen molar-refractivity contribution in [3.05, 3.63) is 58.9 Å². The van der Waals surface area contributed by atoms with Crippen molar-refractivity contribution in [3.63, 3.8) is 0 Å². The lowest BCUT2D eigenvalue weighted by molar-refractivity contribution is -0.135. The Morgan fingerprint density at radius 1 is 1.26 bits per heavy atom. The van der Waals surface area contributed by atoms with Gasteiger partial charge in [-0.05, 0) is 30.7 Å². The molecule has 9 nitrogen and oxygen atoms in total. The number of carboxylic acid groups (broad SMARTS) is 1. The van der Waals surface area contributed by atoms with Crippen molar-refractivity contribution in [1.29, 1.82) is 5.41 Å². The van der Waals surface area contributed by atoms with E-state index in [1.165, 1.54) is 31.4 Å². The van der Waals surface area contributed by atoms with Gasteiger partial charge in [-0.3, -0.25) is 15.0 Å². The van der Waals surface area contributed by atoms with Gasteiger partial charge in [0.15, 0.2) is 6.10 Å². The molecule has 10 heteroatoms. The number of halogens is 1. The van der Waals surface area contributed by atoms with E-state index >= 15 is 0 Å². The number of carbonyl (C=O) groups excluding carboxylic acids is 1. The molecule has 1 amide bonds. The summed E-state index contributed by atoms with van der Waals surface area (Å²) >= 11 is 0. The van der Waals surface area contributed by atoms with Crippen LogP contribution in [0.3, 0.4) is 0 Å². The van der Waals surface area contributed by atoms with Crippen molar-refractivity contribution < 1.29 is 28.6 Å². The predicted molar refractivity (Wildman–Crippen MR) is 113 cm³/mol. The van der Waals surface area contributed by atoms with Gasteiger partial charge in [0.1, 0.15) is 23.9 Å². The molecule has 2 rings (SSSR count). The van der Waals surface area contributed by atoms with Gasteiger partial charge >= 0.3 is 5.97 Å². The average molecular weight is 432 g/mol. The predicted octanol–water partition coefficient (Wildman–Crippen LogP) is 2.01. The van der Waals surface area contributed by atoms with E-state index in [9.17, 15) is 14.0 Å². The number of benzene rings is 2. The Balaban J connectivity index is 2.21. The van der Waals surface area contributed by atoms with Gasteiger partial charge in [-0.25, -0.2) is 4.39 Å². The summed E-state index contributed by atoms with van der Waals surface area (Å²) < 4.78 is 24.9. The molecule has 0 saturated carbocycles. The molecule has 0 fully saturated rings. The topological polar surface area (TPSA) is 147 Å². The molecule has 0 radical (unpaired) electrons. The van der Waals surface area contributed by atoms with Crippen LogP contribution < -0.4 is 21.1 Å². The maximum absolute atomic E-state index is 14.5. The first kappa shape index (κ1) is 23.6. The fourth-order valence-corrected chi connectivity index (χ4v) is 2.83. The number of hydrogen-bond donors (Lipinski definition) is 5. The highest BCUT2D eigenvalue weighted by molar-refractivity contribution is 5.96. The van der Waals surface area contributed by atoms with Crippen LogP contribution in [0.2, 0.25) is 0 Å². The first-order valence-electron chi connectivity index (χ1n) is 9.42. The zero-order valence-electron chi connectivity index (χ0n) is 17.2. The number of aliphatic carboxylic acids is 1. The Morgan fingerprint density at radius 2 is 2.00 bits per heavy atom. The summed E-state index contributed by atoms with van der Waals surface area (Å²) in [6, 6.07) is 8.85. The van der Waals surface area contributed by atoms with Gasteiger partial charge in [-0.2, -0.15) is 0 Å². The van der Waals surface area contributed by atoms with E-state index in [0.717, 1.165) is 0 Å². The molecule has 31 heavy (non-hydrogen) atoms. The highest BCUT2D eigenvalue weighted by Crippen LogP contribution is 2.25. The van der Waals surface area contributed by atoms with Crippen LogP contribution in [0, 0.1) is 11.2 Å². The van der Waals surface area contributed by atoms with Crippen LogP contribution in [0.5, 0.6) is 5.75 Å². The van der Waals surface area contributed by atoms with Crippen molar-refractivity contribution in [3.8, 4) is 5.75 Å². The highest BCUT2D eigenvalue weighted by atomic mass is 19.1. The third-order valence-corrected chi connectivity index (χ3v) is 4.37. The Kier molecular flexibility index (Phi) is 8.33. The van der Waals surface area contributed by atoms with Gasteiger partial charge in [0.2, 0.25) is 0 Å². The zero-order chi connectivity index (χ0) is 23.0. The molecule has 0 bridgehead atoms. The smallest absolute Gasteiger partial charge is 0.322 e. The van der Waals surface area contributed by atoms with Crippen LogP contribution in [-0.4, -0.2) is 43.1 Å². The number of hydrogen-bond acceptors (Lipinski definition) is 6. The van der Waals surface area contributed by atoms with E-state index in [-0.39, 0.29) is 31.1 Å². The summed E-state index contributed by atoms with van der Waals surface area (Å²) in [6.07, 6.45) is -1.18. The first-order valence-corrected chi connectivity index (χ1v) is 9.42. The van der Waals surface area contributed by atoms with E-state index in [4.69, 9.17) is 25.7 Å². The van der Waals surface area contributed by atoms with Crippen LogP contribution in [0.15, 0.2) is 36.4 Å². The minimum atomic E-state index is -1.18. The first-order chi connectivity index (χ1) is 14.8. The normalized spacial score (nSPS) is 11.5. The number of methoxy groups -OCH3 is 1. The van der Waals surface area contributed by atoms with Gasteiger partial charge < -0.3 is 30.9 Å².